The quantitative estimate of drug-likeness (QED) is 0.375. The molecule has 1 aliphatic heterocycles. The molecule has 2 amide bonds. The van der Waals surface area contributed by atoms with Crippen molar-refractivity contribution in [2.45, 2.75) is 6.54 Å². The molecule has 0 aliphatic carbocycles. The fourth-order valence-corrected chi connectivity index (χ4v) is 2.42. The summed E-state index contributed by atoms with van der Waals surface area (Å²) < 4.78 is 0. The number of nitrogens with zero attached hydrogens (tertiary/aromatic N) is 3. The van der Waals surface area contributed by atoms with E-state index in [0.717, 1.165) is 11.0 Å². The van der Waals surface area contributed by atoms with Gasteiger partial charge in [-0.3, -0.25) is 24.6 Å². The number of aromatic nitrogens is 1. The Balaban J connectivity index is 1.94. The molecule has 0 bridgehead atoms. The molecular weight excluding hydrogens is 310 g/mol. The molecule has 0 fully saturated rings. The topological polar surface area (TPSA) is 93.4 Å². The molecule has 0 spiro atoms. The molecule has 0 radical (unpaired) electrons. The van der Waals surface area contributed by atoms with Crippen LogP contribution in [0.25, 0.3) is 0 Å². The number of rotatable bonds is 3. The van der Waals surface area contributed by atoms with Crippen molar-refractivity contribution >= 4 is 29.1 Å². The summed E-state index contributed by atoms with van der Waals surface area (Å²) in [6, 6.07) is 8.48. The molecule has 110 valence electrons. The second-order valence-electron chi connectivity index (χ2n) is 4.64. The standard InChI is InChI=1S/C14H8ClN3O4/c15-12-3-1-2-8(16-12)7-17-13(19)10-5-4-9(18(21)22)6-11(10)14(17)20/h1-6H,7H2. The summed E-state index contributed by atoms with van der Waals surface area (Å²) in [6.07, 6.45) is 0. The Bertz CT molecular complexity index is 821. The van der Waals surface area contributed by atoms with Crippen molar-refractivity contribution in [2.24, 2.45) is 0 Å². The van der Waals surface area contributed by atoms with E-state index in [1.807, 2.05) is 0 Å². The maximum absolute atomic E-state index is 12.3. The Hall–Kier alpha value is -2.80. The SMILES string of the molecule is O=C1c2ccc([N+](=O)[O-])cc2C(=O)N1Cc1cccc(Cl)n1. The fraction of sp³-hybridized carbons (Fsp3) is 0.0714. The minimum Gasteiger partial charge on any atom is -0.269 e. The molecule has 2 aromatic rings. The molecule has 8 heteroatoms. The number of non-ortho nitro benzene ring substituents is 1. The molecule has 0 unspecified atom stereocenters. The third kappa shape index (κ3) is 2.31. The van der Waals surface area contributed by atoms with Crippen LogP contribution >= 0.6 is 11.6 Å². The molecule has 3 rings (SSSR count). The van der Waals surface area contributed by atoms with Gasteiger partial charge in [0.05, 0.1) is 28.3 Å². The Morgan fingerprint density at radius 1 is 1.14 bits per heavy atom. The number of nitro benzene ring substituents is 1. The average molecular weight is 318 g/mol. The maximum atomic E-state index is 12.3. The van der Waals surface area contributed by atoms with Crippen LogP contribution in [-0.2, 0) is 6.54 Å². The highest BCUT2D eigenvalue weighted by Crippen LogP contribution is 2.27. The number of pyridine rings is 1. The van der Waals surface area contributed by atoms with Gasteiger partial charge in [-0.15, -0.1) is 0 Å². The maximum Gasteiger partial charge on any atom is 0.270 e. The summed E-state index contributed by atoms with van der Waals surface area (Å²) in [7, 11) is 0. The Labute approximate surface area is 129 Å². The first kappa shape index (κ1) is 14.2. The number of carbonyl (C=O) groups is 2. The molecule has 0 saturated carbocycles. The minimum absolute atomic E-state index is 0.0289. The summed E-state index contributed by atoms with van der Waals surface area (Å²) in [5, 5.41) is 11.0. The van der Waals surface area contributed by atoms with Crippen LogP contribution in [0.2, 0.25) is 5.15 Å². The highest BCUT2D eigenvalue weighted by atomic mass is 35.5. The van der Waals surface area contributed by atoms with Gasteiger partial charge in [-0.25, -0.2) is 4.98 Å². The van der Waals surface area contributed by atoms with Crippen molar-refractivity contribution in [2.75, 3.05) is 0 Å². The van der Waals surface area contributed by atoms with Gasteiger partial charge in [0.1, 0.15) is 5.15 Å². The Kier molecular flexibility index (Phi) is 3.34. The number of hydrogen-bond donors (Lipinski definition) is 0. The predicted octanol–water partition coefficient (Wildman–Crippen LogP) is 2.44. The molecule has 22 heavy (non-hydrogen) atoms. The average Bonchev–Trinajstić information content (AvgIpc) is 2.72. The summed E-state index contributed by atoms with van der Waals surface area (Å²) >= 11 is 5.77. The molecule has 1 aliphatic rings. The van der Waals surface area contributed by atoms with Gasteiger partial charge in [-0.2, -0.15) is 0 Å². The first-order valence-corrected chi connectivity index (χ1v) is 6.61. The van der Waals surface area contributed by atoms with Gasteiger partial charge in [0.25, 0.3) is 17.5 Å². The smallest absolute Gasteiger partial charge is 0.269 e. The zero-order valence-electron chi connectivity index (χ0n) is 11.0. The second kappa shape index (κ2) is 5.19. The molecule has 1 aromatic carbocycles. The highest BCUT2D eigenvalue weighted by molar-refractivity contribution is 6.29. The van der Waals surface area contributed by atoms with E-state index in [2.05, 4.69) is 4.98 Å². The van der Waals surface area contributed by atoms with Crippen molar-refractivity contribution in [3.8, 4) is 0 Å². The van der Waals surface area contributed by atoms with Crippen LogP contribution in [0, 0.1) is 10.1 Å². The Morgan fingerprint density at radius 2 is 1.86 bits per heavy atom. The van der Waals surface area contributed by atoms with Gasteiger partial charge >= 0.3 is 0 Å². The van der Waals surface area contributed by atoms with Crippen molar-refractivity contribution in [3.05, 3.63) is 68.5 Å². The second-order valence-corrected chi connectivity index (χ2v) is 5.02. The summed E-state index contributed by atoms with van der Waals surface area (Å²) in [4.78, 5) is 39.7. The van der Waals surface area contributed by atoms with Gasteiger partial charge < -0.3 is 0 Å². The molecule has 0 saturated heterocycles. The molecule has 0 atom stereocenters. The lowest BCUT2D eigenvalue weighted by Crippen LogP contribution is -2.29. The fourth-order valence-electron chi connectivity index (χ4n) is 2.24. The lowest BCUT2D eigenvalue weighted by atomic mass is 10.1. The molecule has 7 nitrogen and oxygen atoms in total. The number of amides is 2. The van der Waals surface area contributed by atoms with E-state index in [1.165, 1.54) is 12.1 Å². The highest BCUT2D eigenvalue weighted by Gasteiger charge is 2.36. The van der Waals surface area contributed by atoms with E-state index in [9.17, 15) is 19.7 Å². The van der Waals surface area contributed by atoms with Crippen molar-refractivity contribution in [3.63, 3.8) is 0 Å². The minimum atomic E-state index is -0.612. The zero-order valence-corrected chi connectivity index (χ0v) is 11.8. The number of benzene rings is 1. The Morgan fingerprint density at radius 3 is 2.55 bits per heavy atom. The number of fused-ring (bicyclic) bond motifs is 1. The van der Waals surface area contributed by atoms with Crippen LogP contribution in [0.15, 0.2) is 36.4 Å². The summed E-state index contributed by atoms with van der Waals surface area (Å²) in [6.45, 7) is -0.0410. The number of hydrogen-bond acceptors (Lipinski definition) is 5. The van der Waals surface area contributed by atoms with E-state index < -0.39 is 16.7 Å². The van der Waals surface area contributed by atoms with Crippen molar-refractivity contribution in [1.82, 2.24) is 9.88 Å². The number of imide groups is 1. The number of halogens is 1. The van der Waals surface area contributed by atoms with E-state index >= 15 is 0 Å². The molecular formula is C14H8ClN3O4. The van der Waals surface area contributed by atoms with Crippen LogP contribution in [0.4, 0.5) is 5.69 Å². The largest absolute Gasteiger partial charge is 0.270 e. The van der Waals surface area contributed by atoms with Crippen molar-refractivity contribution < 1.29 is 14.5 Å². The van der Waals surface area contributed by atoms with Crippen LogP contribution in [0.1, 0.15) is 26.4 Å². The van der Waals surface area contributed by atoms with Crippen molar-refractivity contribution in [1.29, 1.82) is 0 Å². The molecule has 2 heterocycles. The molecule has 0 N–H and O–H groups in total. The summed E-state index contributed by atoms with van der Waals surface area (Å²) in [5.74, 6) is -1.08. The third-order valence-electron chi connectivity index (χ3n) is 3.26. The number of carbonyl (C=O) groups excluding carboxylic acids is 2. The van der Waals surface area contributed by atoms with Gasteiger partial charge in [0.2, 0.25) is 0 Å². The molecule has 1 aromatic heterocycles. The van der Waals surface area contributed by atoms with Gasteiger partial charge in [0, 0.05) is 12.1 Å². The third-order valence-corrected chi connectivity index (χ3v) is 3.47. The predicted molar refractivity (Wildman–Crippen MR) is 76.5 cm³/mol. The first-order chi connectivity index (χ1) is 10.5. The normalized spacial score (nSPS) is 13.4. The summed E-state index contributed by atoms with van der Waals surface area (Å²) in [5.41, 5.74) is 0.401. The lowest BCUT2D eigenvalue weighted by Gasteiger charge is -2.13. The monoisotopic (exact) mass is 317 g/mol. The van der Waals surface area contributed by atoms with Gasteiger partial charge in [-0.1, -0.05) is 17.7 Å². The van der Waals surface area contributed by atoms with E-state index in [0.29, 0.717) is 5.69 Å². The van der Waals surface area contributed by atoms with E-state index in [4.69, 9.17) is 11.6 Å². The van der Waals surface area contributed by atoms with Crippen LogP contribution in [0.5, 0.6) is 0 Å². The van der Waals surface area contributed by atoms with E-state index in [1.54, 1.807) is 18.2 Å². The van der Waals surface area contributed by atoms with Crippen LogP contribution in [-0.4, -0.2) is 26.6 Å². The van der Waals surface area contributed by atoms with E-state index in [-0.39, 0.29) is 28.5 Å². The first-order valence-electron chi connectivity index (χ1n) is 6.23. The number of nitro groups is 1. The van der Waals surface area contributed by atoms with Gasteiger partial charge in [-0.05, 0) is 18.2 Å². The zero-order chi connectivity index (χ0) is 15.9. The van der Waals surface area contributed by atoms with Crippen LogP contribution in [0.3, 0.4) is 0 Å². The van der Waals surface area contributed by atoms with Gasteiger partial charge in [0.15, 0.2) is 0 Å². The van der Waals surface area contributed by atoms with Crippen LogP contribution < -0.4 is 0 Å². The lowest BCUT2D eigenvalue weighted by molar-refractivity contribution is -0.384.